The minimum Gasteiger partial charge on any atom is -0.495 e. The van der Waals surface area contributed by atoms with Crippen LogP contribution in [-0.2, 0) is 4.74 Å². The lowest BCUT2D eigenvalue weighted by atomic mass is 9.93. The van der Waals surface area contributed by atoms with Crippen molar-refractivity contribution in [2.45, 2.75) is 25.8 Å². The molecule has 3 N–H and O–H groups in total. The van der Waals surface area contributed by atoms with Crippen molar-refractivity contribution in [2.75, 3.05) is 26.1 Å². The summed E-state index contributed by atoms with van der Waals surface area (Å²) in [4.78, 5) is 12.2. The topological polar surface area (TPSA) is 73.6 Å². The van der Waals surface area contributed by atoms with Gasteiger partial charge < -0.3 is 20.5 Å². The summed E-state index contributed by atoms with van der Waals surface area (Å²) in [7, 11) is 1.54. The Morgan fingerprint density at radius 3 is 2.80 bits per heavy atom. The first-order valence-electron chi connectivity index (χ1n) is 6.94. The number of ether oxygens (including phenoxy) is 2. The maximum absolute atomic E-state index is 12.2. The minimum absolute atomic E-state index is 0.0951. The van der Waals surface area contributed by atoms with Crippen LogP contribution in [0.25, 0.3) is 0 Å². The number of methoxy groups -OCH3 is 1. The molecule has 1 heterocycles. The highest BCUT2D eigenvalue weighted by Gasteiger charge is 2.22. The molecule has 0 radical (unpaired) electrons. The average molecular weight is 278 g/mol. The molecule has 0 aromatic heterocycles. The Morgan fingerprint density at radius 2 is 2.15 bits per heavy atom. The van der Waals surface area contributed by atoms with Crippen molar-refractivity contribution < 1.29 is 14.3 Å². The van der Waals surface area contributed by atoms with Gasteiger partial charge in [0.2, 0.25) is 0 Å². The Bertz CT molecular complexity index is 470. The quantitative estimate of drug-likeness (QED) is 0.824. The molecule has 1 aromatic rings. The van der Waals surface area contributed by atoms with E-state index in [0.717, 1.165) is 26.1 Å². The molecular formula is C15H22N2O3. The first kappa shape index (κ1) is 14.7. The van der Waals surface area contributed by atoms with E-state index in [1.54, 1.807) is 18.2 Å². The summed E-state index contributed by atoms with van der Waals surface area (Å²) in [6.45, 7) is 3.60. The van der Waals surface area contributed by atoms with E-state index >= 15 is 0 Å². The molecule has 1 fully saturated rings. The molecule has 0 bridgehead atoms. The fourth-order valence-electron chi connectivity index (χ4n) is 2.48. The van der Waals surface area contributed by atoms with Gasteiger partial charge in [-0.05, 0) is 43.9 Å². The zero-order valence-corrected chi connectivity index (χ0v) is 12.0. The number of anilines is 1. The molecule has 1 aromatic carbocycles. The van der Waals surface area contributed by atoms with Crippen LogP contribution in [0.15, 0.2) is 18.2 Å². The second kappa shape index (κ2) is 6.61. The maximum atomic E-state index is 12.2. The number of rotatable bonds is 4. The average Bonchev–Trinajstić information content (AvgIpc) is 2.48. The largest absolute Gasteiger partial charge is 0.495 e. The second-order valence-corrected chi connectivity index (χ2v) is 5.17. The number of nitrogens with two attached hydrogens (primary N) is 1. The van der Waals surface area contributed by atoms with Crippen LogP contribution in [0.2, 0.25) is 0 Å². The first-order valence-corrected chi connectivity index (χ1v) is 6.94. The van der Waals surface area contributed by atoms with Crippen LogP contribution in [0.5, 0.6) is 5.75 Å². The summed E-state index contributed by atoms with van der Waals surface area (Å²) in [5.41, 5.74) is 6.84. The summed E-state index contributed by atoms with van der Waals surface area (Å²) in [6.07, 6.45) is 1.99. The van der Waals surface area contributed by atoms with Crippen LogP contribution < -0.4 is 15.8 Å². The van der Waals surface area contributed by atoms with Gasteiger partial charge in [0.05, 0.1) is 12.8 Å². The molecule has 0 saturated carbocycles. The maximum Gasteiger partial charge on any atom is 0.251 e. The predicted molar refractivity (Wildman–Crippen MR) is 77.9 cm³/mol. The van der Waals surface area contributed by atoms with E-state index in [-0.39, 0.29) is 11.9 Å². The van der Waals surface area contributed by atoms with Gasteiger partial charge in [0, 0.05) is 24.8 Å². The van der Waals surface area contributed by atoms with Gasteiger partial charge >= 0.3 is 0 Å². The molecular weight excluding hydrogens is 256 g/mol. The van der Waals surface area contributed by atoms with Gasteiger partial charge in [-0.2, -0.15) is 0 Å². The molecule has 0 aliphatic carbocycles. The van der Waals surface area contributed by atoms with Gasteiger partial charge in [-0.15, -0.1) is 0 Å². The second-order valence-electron chi connectivity index (χ2n) is 5.17. The standard InChI is InChI=1S/C15H22N2O3/c1-10(11-5-7-20-8-6-11)17-15(18)12-3-4-13(16)14(9-12)19-2/h3-4,9-11H,5-8,16H2,1-2H3,(H,17,18). The third kappa shape index (κ3) is 3.42. The van der Waals surface area contributed by atoms with E-state index in [1.165, 1.54) is 7.11 Å². The molecule has 1 aliphatic heterocycles. The highest BCUT2D eigenvalue weighted by atomic mass is 16.5. The van der Waals surface area contributed by atoms with Crippen molar-refractivity contribution in [2.24, 2.45) is 5.92 Å². The summed E-state index contributed by atoms with van der Waals surface area (Å²) in [6, 6.07) is 5.20. The monoisotopic (exact) mass is 278 g/mol. The Labute approximate surface area is 119 Å². The van der Waals surface area contributed by atoms with Gasteiger partial charge in [-0.1, -0.05) is 0 Å². The van der Waals surface area contributed by atoms with Crippen molar-refractivity contribution in [3.63, 3.8) is 0 Å². The van der Waals surface area contributed by atoms with E-state index < -0.39 is 0 Å². The van der Waals surface area contributed by atoms with Gasteiger partial charge in [0.25, 0.3) is 5.91 Å². The summed E-state index contributed by atoms with van der Waals surface area (Å²) >= 11 is 0. The normalized spacial score (nSPS) is 17.5. The number of nitrogens with one attached hydrogen (secondary N) is 1. The number of benzene rings is 1. The number of carbonyl (C=O) groups excluding carboxylic acids is 1. The van der Waals surface area contributed by atoms with Crippen LogP contribution in [0.4, 0.5) is 5.69 Å². The molecule has 1 unspecified atom stereocenters. The first-order chi connectivity index (χ1) is 9.61. The number of amides is 1. The predicted octanol–water partition coefficient (Wildman–Crippen LogP) is 1.82. The van der Waals surface area contributed by atoms with Gasteiger partial charge in [-0.25, -0.2) is 0 Å². The van der Waals surface area contributed by atoms with E-state index in [9.17, 15) is 4.79 Å². The lowest BCUT2D eigenvalue weighted by Crippen LogP contribution is -2.40. The minimum atomic E-state index is -0.0951. The Morgan fingerprint density at radius 1 is 1.45 bits per heavy atom. The van der Waals surface area contributed by atoms with Crippen molar-refractivity contribution in [3.05, 3.63) is 23.8 Å². The highest BCUT2D eigenvalue weighted by Crippen LogP contribution is 2.23. The van der Waals surface area contributed by atoms with Crippen LogP contribution in [0.3, 0.4) is 0 Å². The van der Waals surface area contributed by atoms with Gasteiger partial charge in [0.1, 0.15) is 5.75 Å². The van der Waals surface area contributed by atoms with Crippen LogP contribution in [-0.4, -0.2) is 32.3 Å². The summed E-state index contributed by atoms with van der Waals surface area (Å²) in [5, 5.41) is 3.05. The zero-order chi connectivity index (χ0) is 14.5. The summed E-state index contributed by atoms with van der Waals surface area (Å²) in [5.74, 6) is 0.905. The van der Waals surface area contributed by atoms with Gasteiger partial charge in [-0.3, -0.25) is 4.79 Å². The Hall–Kier alpha value is -1.75. The third-order valence-electron chi connectivity index (χ3n) is 3.83. The third-order valence-corrected chi connectivity index (χ3v) is 3.83. The Kier molecular flexibility index (Phi) is 4.84. The molecule has 110 valence electrons. The smallest absolute Gasteiger partial charge is 0.251 e. The number of hydrogen-bond acceptors (Lipinski definition) is 4. The molecule has 20 heavy (non-hydrogen) atoms. The van der Waals surface area contributed by atoms with Crippen LogP contribution >= 0.6 is 0 Å². The van der Waals surface area contributed by atoms with E-state index in [0.29, 0.717) is 22.9 Å². The number of nitrogen functional groups attached to an aromatic ring is 1. The molecule has 5 nitrogen and oxygen atoms in total. The Balaban J connectivity index is 2.00. The molecule has 1 aliphatic rings. The van der Waals surface area contributed by atoms with Crippen molar-refractivity contribution in [1.29, 1.82) is 0 Å². The number of hydrogen-bond donors (Lipinski definition) is 2. The van der Waals surface area contributed by atoms with E-state index in [1.807, 2.05) is 6.92 Å². The summed E-state index contributed by atoms with van der Waals surface area (Å²) < 4.78 is 10.5. The molecule has 1 atom stereocenters. The molecule has 0 spiro atoms. The lowest BCUT2D eigenvalue weighted by molar-refractivity contribution is 0.0538. The van der Waals surface area contributed by atoms with Crippen molar-refractivity contribution in [3.8, 4) is 5.75 Å². The zero-order valence-electron chi connectivity index (χ0n) is 12.0. The van der Waals surface area contributed by atoms with Crippen LogP contribution in [0, 0.1) is 5.92 Å². The van der Waals surface area contributed by atoms with E-state index in [4.69, 9.17) is 15.2 Å². The fourth-order valence-corrected chi connectivity index (χ4v) is 2.48. The molecule has 1 amide bonds. The van der Waals surface area contributed by atoms with Crippen molar-refractivity contribution in [1.82, 2.24) is 5.32 Å². The van der Waals surface area contributed by atoms with Crippen molar-refractivity contribution >= 4 is 11.6 Å². The highest BCUT2D eigenvalue weighted by molar-refractivity contribution is 5.95. The number of carbonyl (C=O) groups is 1. The SMILES string of the molecule is COc1cc(C(=O)NC(C)C2CCOCC2)ccc1N. The molecule has 5 heteroatoms. The van der Waals surface area contributed by atoms with Crippen LogP contribution in [0.1, 0.15) is 30.1 Å². The molecule has 1 saturated heterocycles. The van der Waals surface area contributed by atoms with Gasteiger partial charge in [0.15, 0.2) is 0 Å². The van der Waals surface area contributed by atoms with E-state index in [2.05, 4.69) is 5.32 Å². The molecule has 2 rings (SSSR count). The fraction of sp³-hybridized carbons (Fsp3) is 0.533. The lowest BCUT2D eigenvalue weighted by Gasteiger charge is -2.28.